The van der Waals surface area contributed by atoms with Gasteiger partial charge < -0.3 is 15.4 Å². The number of nitrogens with zero attached hydrogens (tertiary/aromatic N) is 1. The SMILES string of the molecule is CCC(C)CC(CC)N1CCC(OCCCN)CC1. The van der Waals surface area contributed by atoms with Crippen molar-refractivity contribution in [2.45, 2.75) is 71.4 Å². The molecule has 0 radical (unpaired) electrons. The second-order valence-corrected chi connectivity index (χ2v) is 6.06. The van der Waals surface area contributed by atoms with Crippen molar-refractivity contribution in [2.24, 2.45) is 11.7 Å². The van der Waals surface area contributed by atoms with Gasteiger partial charge in [-0.25, -0.2) is 0 Å². The van der Waals surface area contributed by atoms with Gasteiger partial charge in [0.1, 0.15) is 0 Å². The summed E-state index contributed by atoms with van der Waals surface area (Å²) in [6, 6.07) is 0.778. The predicted molar refractivity (Wildman–Crippen MR) is 82.4 cm³/mol. The maximum atomic E-state index is 5.88. The topological polar surface area (TPSA) is 38.5 Å². The zero-order valence-electron chi connectivity index (χ0n) is 13.2. The molecule has 1 fully saturated rings. The van der Waals surface area contributed by atoms with E-state index >= 15 is 0 Å². The van der Waals surface area contributed by atoms with Crippen molar-refractivity contribution >= 4 is 0 Å². The number of hydrogen-bond donors (Lipinski definition) is 1. The summed E-state index contributed by atoms with van der Waals surface area (Å²) in [6.45, 7) is 11.0. The van der Waals surface area contributed by atoms with Crippen molar-refractivity contribution in [3.05, 3.63) is 0 Å². The Morgan fingerprint density at radius 1 is 1.21 bits per heavy atom. The van der Waals surface area contributed by atoms with Crippen LogP contribution in [-0.2, 0) is 4.74 Å². The van der Waals surface area contributed by atoms with E-state index in [1.807, 2.05) is 0 Å². The second kappa shape index (κ2) is 9.73. The van der Waals surface area contributed by atoms with Crippen LogP contribution < -0.4 is 5.73 Å². The number of ether oxygens (including phenoxy) is 1. The molecule has 19 heavy (non-hydrogen) atoms. The lowest BCUT2D eigenvalue weighted by atomic mass is 9.94. The maximum absolute atomic E-state index is 5.88. The molecule has 1 rings (SSSR count). The first-order valence-corrected chi connectivity index (χ1v) is 8.26. The van der Waals surface area contributed by atoms with Crippen LogP contribution in [0.3, 0.4) is 0 Å². The van der Waals surface area contributed by atoms with Crippen molar-refractivity contribution in [2.75, 3.05) is 26.2 Å². The van der Waals surface area contributed by atoms with E-state index in [9.17, 15) is 0 Å². The van der Waals surface area contributed by atoms with Crippen LogP contribution in [0.2, 0.25) is 0 Å². The standard InChI is InChI=1S/C16H34N2O/c1-4-14(3)13-15(5-2)18-10-7-16(8-11-18)19-12-6-9-17/h14-16H,4-13,17H2,1-3H3. The van der Waals surface area contributed by atoms with Crippen LogP contribution in [0, 0.1) is 5.92 Å². The normalized spacial score (nSPS) is 21.5. The lowest BCUT2D eigenvalue weighted by Gasteiger charge is -2.38. The van der Waals surface area contributed by atoms with Gasteiger partial charge >= 0.3 is 0 Å². The van der Waals surface area contributed by atoms with E-state index in [1.165, 1.54) is 45.2 Å². The number of piperidine rings is 1. The minimum atomic E-state index is 0.476. The molecule has 0 bridgehead atoms. The molecular formula is C16H34N2O. The van der Waals surface area contributed by atoms with E-state index in [0.29, 0.717) is 6.10 Å². The van der Waals surface area contributed by atoms with E-state index in [1.54, 1.807) is 0 Å². The van der Waals surface area contributed by atoms with Crippen molar-refractivity contribution < 1.29 is 4.74 Å². The zero-order chi connectivity index (χ0) is 14.1. The molecule has 1 aliphatic heterocycles. The molecule has 0 saturated carbocycles. The van der Waals surface area contributed by atoms with Crippen LogP contribution in [0.4, 0.5) is 0 Å². The summed E-state index contributed by atoms with van der Waals surface area (Å²) in [4.78, 5) is 2.69. The minimum Gasteiger partial charge on any atom is -0.378 e. The summed E-state index contributed by atoms with van der Waals surface area (Å²) in [7, 11) is 0. The van der Waals surface area contributed by atoms with Crippen LogP contribution >= 0.6 is 0 Å². The third kappa shape index (κ3) is 6.24. The highest BCUT2D eigenvalue weighted by atomic mass is 16.5. The summed E-state index contributed by atoms with van der Waals surface area (Å²) in [5, 5.41) is 0. The average molecular weight is 270 g/mol. The monoisotopic (exact) mass is 270 g/mol. The third-order valence-corrected chi connectivity index (χ3v) is 4.54. The number of rotatable bonds is 9. The number of likely N-dealkylation sites (tertiary alicyclic amines) is 1. The first-order valence-electron chi connectivity index (χ1n) is 8.26. The van der Waals surface area contributed by atoms with Crippen LogP contribution in [0.5, 0.6) is 0 Å². The van der Waals surface area contributed by atoms with Crippen LogP contribution in [0.25, 0.3) is 0 Å². The maximum Gasteiger partial charge on any atom is 0.0599 e. The van der Waals surface area contributed by atoms with Crippen LogP contribution in [0.1, 0.15) is 59.3 Å². The van der Waals surface area contributed by atoms with E-state index in [-0.39, 0.29) is 0 Å². The molecule has 1 saturated heterocycles. The minimum absolute atomic E-state index is 0.476. The van der Waals surface area contributed by atoms with E-state index < -0.39 is 0 Å². The molecule has 0 aliphatic carbocycles. The average Bonchev–Trinajstić information content (AvgIpc) is 2.45. The molecule has 0 aromatic rings. The Morgan fingerprint density at radius 2 is 1.89 bits per heavy atom. The Bertz CT molecular complexity index is 215. The molecule has 2 N–H and O–H groups in total. The summed E-state index contributed by atoms with van der Waals surface area (Å²) in [6.07, 6.45) is 7.79. The first-order chi connectivity index (χ1) is 9.21. The Hall–Kier alpha value is -0.120. The highest BCUT2D eigenvalue weighted by molar-refractivity contribution is 4.79. The second-order valence-electron chi connectivity index (χ2n) is 6.06. The lowest BCUT2D eigenvalue weighted by Crippen LogP contribution is -2.43. The van der Waals surface area contributed by atoms with Crippen LogP contribution in [-0.4, -0.2) is 43.3 Å². The van der Waals surface area contributed by atoms with Gasteiger partial charge in [-0.05, 0) is 44.6 Å². The van der Waals surface area contributed by atoms with Gasteiger partial charge in [-0.2, -0.15) is 0 Å². The predicted octanol–water partition coefficient (Wildman–Crippen LogP) is 3.03. The zero-order valence-corrected chi connectivity index (χ0v) is 13.2. The summed E-state index contributed by atoms with van der Waals surface area (Å²) >= 11 is 0. The smallest absolute Gasteiger partial charge is 0.0599 e. The fourth-order valence-corrected chi connectivity index (χ4v) is 2.95. The van der Waals surface area contributed by atoms with Crippen molar-refractivity contribution in [1.29, 1.82) is 0 Å². The molecule has 2 unspecified atom stereocenters. The summed E-state index contributed by atoms with van der Waals surface area (Å²) in [5.41, 5.74) is 5.50. The largest absolute Gasteiger partial charge is 0.378 e. The molecule has 0 spiro atoms. The van der Waals surface area contributed by atoms with Gasteiger partial charge in [-0.15, -0.1) is 0 Å². The molecule has 0 aromatic carbocycles. The molecule has 2 atom stereocenters. The highest BCUT2D eigenvalue weighted by Crippen LogP contribution is 2.22. The van der Waals surface area contributed by atoms with Crippen LogP contribution in [0.15, 0.2) is 0 Å². The van der Waals surface area contributed by atoms with E-state index in [0.717, 1.165) is 31.5 Å². The number of nitrogens with two attached hydrogens (primary N) is 1. The van der Waals surface area contributed by atoms with E-state index in [2.05, 4.69) is 25.7 Å². The van der Waals surface area contributed by atoms with Gasteiger partial charge in [0, 0.05) is 25.7 Å². The molecule has 1 heterocycles. The molecule has 3 heteroatoms. The van der Waals surface area contributed by atoms with Crippen molar-refractivity contribution in [3.63, 3.8) is 0 Å². The fraction of sp³-hybridized carbons (Fsp3) is 1.00. The molecule has 0 amide bonds. The van der Waals surface area contributed by atoms with Gasteiger partial charge in [-0.3, -0.25) is 0 Å². The van der Waals surface area contributed by atoms with Gasteiger partial charge in [0.15, 0.2) is 0 Å². The van der Waals surface area contributed by atoms with E-state index in [4.69, 9.17) is 10.5 Å². The van der Waals surface area contributed by atoms with Crippen molar-refractivity contribution in [1.82, 2.24) is 4.90 Å². The fourth-order valence-electron chi connectivity index (χ4n) is 2.95. The van der Waals surface area contributed by atoms with Gasteiger partial charge in [0.05, 0.1) is 6.10 Å². The Morgan fingerprint density at radius 3 is 2.42 bits per heavy atom. The quantitative estimate of drug-likeness (QED) is 0.655. The first kappa shape index (κ1) is 16.9. The van der Waals surface area contributed by atoms with Crippen molar-refractivity contribution in [3.8, 4) is 0 Å². The lowest BCUT2D eigenvalue weighted by molar-refractivity contribution is -0.00497. The highest BCUT2D eigenvalue weighted by Gasteiger charge is 2.25. The van der Waals surface area contributed by atoms with Gasteiger partial charge in [-0.1, -0.05) is 27.2 Å². The summed E-state index contributed by atoms with van der Waals surface area (Å²) < 4.78 is 5.88. The number of hydrogen-bond acceptors (Lipinski definition) is 3. The Balaban J connectivity index is 2.26. The molecular weight excluding hydrogens is 236 g/mol. The molecule has 0 aromatic heterocycles. The Kier molecular flexibility index (Phi) is 8.67. The molecule has 114 valence electrons. The molecule has 3 nitrogen and oxygen atoms in total. The Labute approximate surface area is 119 Å². The molecule has 1 aliphatic rings. The summed E-state index contributed by atoms with van der Waals surface area (Å²) in [5.74, 6) is 0.850. The third-order valence-electron chi connectivity index (χ3n) is 4.54. The van der Waals surface area contributed by atoms with Gasteiger partial charge in [0.2, 0.25) is 0 Å². The van der Waals surface area contributed by atoms with Gasteiger partial charge in [0.25, 0.3) is 0 Å².